The summed E-state index contributed by atoms with van der Waals surface area (Å²) < 4.78 is 2.55. The highest BCUT2D eigenvalue weighted by Gasteiger charge is 2.42. The molecule has 2 heterocycles. The lowest BCUT2D eigenvalue weighted by Gasteiger charge is -2.41. The normalized spacial score (nSPS) is 28.6. The lowest BCUT2D eigenvalue weighted by atomic mass is 9.66. The number of fused-ring (bicyclic) bond motifs is 3. The summed E-state index contributed by atoms with van der Waals surface area (Å²) in [4.78, 5) is 4.98. The van der Waals surface area contributed by atoms with Crippen LogP contribution in [0.5, 0.6) is 0 Å². The van der Waals surface area contributed by atoms with Crippen LogP contribution in [-0.2, 0) is 24.8 Å². The molecule has 3 rings (SSSR count). The van der Waals surface area contributed by atoms with Gasteiger partial charge in [-0.25, -0.2) is 4.98 Å². The van der Waals surface area contributed by atoms with Crippen molar-refractivity contribution in [2.45, 2.75) is 72.3 Å². The van der Waals surface area contributed by atoms with Gasteiger partial charge >= 0.3 is 0 Å². The van der Waals surface area contributed by atoms with E-state index >= 15 is 0 Å². The minimum atomic E-state index is 0.277. The maximum Gasteiger partial charge on any atom is 0.109 e. The molecule has 1 aromatic rings. The maximum absolute atomic E-state index is 4.98. The van der Waals surface area contributed by atoms with E-state index in [9.17, 15) is 0 Å². The Bertz CT molecular complexity index is 480. The van der Waals surface area contributed by atoms with Gasteiger partial charge in [0.1, 0.15) is 5.82 Å². The molecule has 0 saturated heterocycles. The van der Waals surface area contributed by atoms with Crippen molar-refractivity contribution in [1.29, 1.82) is 0 Å². The summed E-state index contributed by atoms with van der Waals surface area (Å²) in [5.41, 5.74) is 3.61. The Morgan fingerprint density at radius 1 is 1.22 bits per heavy atom. The number of nitrogens with zero attached hydrogens (tertiary/aromatic N) is 2. The molecule has 1 aromatic heterocycles. The van der Waals surface area contributed by atoms with E-state index in [1.165, 1.54) is 37.3 Å². The fraction of sp³-hybridized carbons (Fsp3) is 0.812. The molecule has 0 aromatic carbocycles. The van der Waals surface area contributed by atoms with Crippen molar-refractivity contribution in [3.05, 3.63) is 17.2 Å². The van der Waals surface area contributed by atoms with Gasteiger partial charge in [0.25, 0.3) is 0 Å². The van der Waals surface area contributed by atoms with Crippen LogP contribution >= 0.6 is 0 Å². The zero-order valence-electron chi connectivity index (χ0n) is 12.5. The van der Waals surface area contributed by atoms with Crippen molar-refractivity contribution < 1.29 is 0 Å². The number of hydrogen-bond acceptors (Lipinski definition) is 1. The van der Waals surface area contributed by atoms with Gasteiger partial charge in [-0.15, -0.1) is 0 Å². The smallest absolute Gasteiger partial charge is 0.109 e. The van der Waals surface area contributed by atoms with Crippen molar-refractivity contribution >= 4 is 0 Å². The van der Waals surface area contributed by atoms with Crippen LogP contribution in [0, 0.1) is 11.3 Å². The third kappa shape index (κ3) is 1.81. The molecular formula is C16H26N2. The topological polar surface area (TPSA) is 17.8 Å². The Kier molecular flexibility index (Phi) is 2.46. The first kappa shape index (κ1) is 12.3. The highest BCUT2D eigenvalue weighted by molar-refractivity contribution is 5.31. The van der Waals surface area contributed by atoms with Crippen LogP contribution in [-0.4, -0.2) is 9.55 Å². The van der Waals surface area contributed by atoms with E-state index in [-0.39, 0.29) is 5.41 Å². The molecule has 1 aliphatic carbocycles. The van der Waals surface area contributed by atoms with Gasteiger partial charge in [-0.1, -0.05) is 34.6 Å². The zero-order valence-corrected chi connectivity index (χ0v) is 12.5. The quantitative estimate of drug-likeness (QED) is 0.682. The van der Waals surface area contributed by atoms with E-state index in [4.69, 9.17) is 4.98 Å². The second kappa shape index (κ2) is 3.61. The maximum atomic E-state index is 4.98. The molecule has 2 aliphatic rings. The first-order valence-electron chi connectivity index (χ1n) is 7.37. The molecule has 0 bridgehead atoms. The molecule has 0 radical (unpaired) electrons. The van der Waals surface area contributed by atoms with Crippen LogP contribution in [0.2, 0.25) is 0 Å². The second-order valence-corrected chi connectivity index (χ2v) is 7.98. The Balaban J connectivity index is 2.13. The summed E-state index contributed by atoms with van der Waals surface area (Å²) in [7, 11) is 0. The number of rotatable bonds is 0. The van der Waals surface area contributed by atoms with Gasteiger partial charge in [-0.2, -0.15) is 0 Å². The SMILES string of the molecule is CC1CCc2nc3c(n2C1)C(C)(C)CC(C)(C)C3. The van der Waals surface area contributed by atoms with E-state index in [2.05, 4.69) is 39.2 Å². The van der Waals surface area contributed by atoms with E-state index in [0.29, 0.717) is 5.41 Å². The van der Waals surface area contributed by atoms with Crippen molar-refractivity contribution in [3.63, 3.8) is 0 Å². The molecule has 0 fully saturated rings. The van der Waals surface area contributed by atoms with Crippen LogP contribution in [0.4, 0.5) is 0 Å². The number of aryl methyl sites for hydroxylation is 1. The Labute approximate surface area is 111 Å². The summed E-state index contributed by atoms with van der Waals surface area (Å²) in [6.45, 7) is 13.1. The second-order valence-electron chi connectivity index (χ2n) is 7.98. The van der Waals surface area contributed by atoms with Crippen LogP contribution in [0.25, 0.3) is 0 Å². The van der Waals surface area contributed by atoms with Gasteiger partial charge < -0.3 is 4.57 Å². The molecule has 0 saturated carbocycles. The van der Waals surface area contributed by atoms with Gasteiger partial charge in [-0.3, -0.25) is 0 Å². The Morgan fingerprint density at radius 2 is 1.94 bits per heavy atom. The van der Waals surface area contributed by atoms with Crippen LogP contribution < -0.4 is 0 Å². The molecular weight excluding hydrogens is 220 g/mol. The van der Waals surface area contributed by atoms with E-state index in [1.807, 2.05) is 0 Å². The molecule has 18 heavy (non-hydrogen) atoms. The van der Waals surface area contributed by atoms with Crippen molar-refractivity contribution in [2.24, 2.45) is 11.3 Å². The van der Waals surface area contributed by atoms with Gasteiger partial charge in [-0.05, 0) is 30.6 Å². The molecule has 0 spiro atoms. The average molecular weight is 246 g/mol. The summed E-state index contributed by atoms with van der Waals surface area (Å²) in [6, 6.07) is 0. The fourth-order valence-corrected chi connectivity index (χ4v) is 4.40. The molecule has 1 atom stereocenters. The summed E-state index contributed by atoms with van der Waals surface area (Å²) in [5, 5.41) is 0. The molecule has 0 N–H and O–H groups in total. The molecule has 2 nitrogen and oxygen atoms in total. The molecule has 2 heteroatoms. The van der Waals surface area contributed by atoms with Gasteiger partial charge in [0.05, 0.1) is 5.69 Å². The van der Waals surface area contributed by atoms with E-state index in [1.54, 1.807) is 5.69 Å². The standard InChI is InChI=1S/C16H26N2/c1-11-6-7-13-17-12-8-15(2,3)10-16(4,5)14(12)18(13)9-11/h11H,6-10H2,1-5H3. The lowest BCUT2D eigenvalue weighted by Crippen LogP contribution is -2.37. The van der Waals surface area contributed by atoms with Crippen LogP contribution in [0.1, 0.15) is 64.7 Å². The average Bonchev–Trinajstić information content (AvgIpc) is 2.51. The minimum absolute atomic E-state index is 0.277. The van der Waals surface area contributed by atoms with E-state index < -0.39 is 0 Å². The first-order chi connectivity index (χ1) is 8.28. The lowest BCUT2D eigenvalue weighted by molar-refractivity contribution is 0.217. The first-order valence-corrected chi connectivity index (χ1v) is 7.37. The van der Waals surface area contributed by atoms with E-state index in [0.717, 1.165) is 12.3 Å². The molecule has 100 valence electrons. The predicted octanol–water partition coefficient (Wildman–Crippen LogP) is 3.72. The van der Waals surface area contributed by atoms with Gasteiger partial charge in [0, 0.05) is 24.1 Å². The fourth-order valence-electron chi connectivity index (χ4n) is 4.40. The van der Waals surface area contributed by atoms with Crippen molar-refractivity contribution in [1.82, 2.24) is 9.55 Å². The van der Waals surface area contributed by atoms with Gasteiger partial charge in [0.2, 0.25) is 0 Å². The predicted molar refractivity (Wildman–Crippen MR) is 74.8 cm³/mol. The Morgan fingerprint density at radius 3 is 2.67 bits per heavy atom. The molecule has 0 amide bonds. The largest absolute Gasteiger partial charge is 0.331 e. The zero-order chi connectivity index (χ0) is 13.1. The Hall–Kier alpha value is -0.790. The molecule has 1 unspecified atom stereocenters. The number of imidazole rings is 1. The number of hydrogen-bond donors (Lipinski definition) is 0. The highest BCUT2D eigenvalue weighted by atomic mass is 15.1. The van der Waals surface area contributed by atoms with Crippen LogP contribution in [0.15, 0.2) is 0 Å². The van der Waals surface area contributed by atoms with Crippen molar-refractivity contribution in [3.8, 4) is 0 Å². The monoisotopic (exact) mass is 246 g/mol. The third-order valence-electron chi connectivity index (χ3n) is 4.68. The summed E-state index contributed by atoms with van der Waals surface area (Å²) in [6.07, 6.45) is 4.90. The minimum Gasteiger partial charge on any atom is -0.331 e. The summed E-state index contributed by atoms with van der Waals surface area (Å²) in [5.74, 6) is 2.16. The molecule has 1 aliphatic heterocycles. The van der Waals surface area contributed by atoms with Crippen molar-refractivity contribution in [2.75, 3.05) is 0 Å². The summed E-state index contributed by atoms with van der Waals surface area (Å²) >= 11 is 0. The van der Waals surface area contributed by atoms with Crippen LogP contribution in [0.3, 0.4) is 0 Å². The van der Waals surface area contributed by atoms with Gasteiger partial charge in [0.15, 0.2) is 0 Å². The highest BCUT2D eigenvalue weighted by Crippen LogP contribution is 2.46. The third-order valence-corrected chi connectivity index (χ3v) is 4.68. The number of aromatic nitrogens is 2.